The van der Waals surface area contributed by atoms with E-state index in [4.69, 9.17) is 4.63 Å². The minimum absolute atomic E-state index is 0.00699. The Morgan fingerprint density at radius 3 is 2.95 bits per heavy atom. The molecule has 0 bridgehead atoms. The summed E-state index contributed by atoms with van der Waals surface area (Å²) in [6, 6.07) is 1.80. The molecule has 0 radical (unpaired) electrons. The fourth-order valence-electron chi connectivity index (χ4n) is 2.38. The van der Waals surface area contributed by atoms with E-state index in [0.717, 1.165) is 22.8 Å². The average Bonchev–Trinajstić information content (AvgIpc) is 2.80. The molecule has 1 aliphatic rings. The molecule has 0 fully saturated rings. The Kier molecular flexibility index (Phi) is 3.12. The Bertz CT molecular complexity index is 680. The number of anilines is 2. The first kappa shape index (κ1) is 13.5. The van der Waals surface area contributed by atoms with Crippen LogP contribution in [0.5, 0.6) is 0 Å². The standard InChI is InChI=1S/C14H17N5O2/c1-9-11(18-21-17-9)7-19-8-14(2,3)13(20)16-10-4-5-15-6-12(10)19/h4-6H,7-8H2,1-3H3,(H,16,20). The van der Waals surface area contributed by atoms with Crippen molar-refractivity contribution in [1.29, 1.82) is 0 Å². The lowest BCUT2D eigenvalue weighted by Gasteiger charge is -2.29. The molecular formula is C14H17N5O2. The zero-order chi connectivity index (χ0) is 15.0. The van der Waals surface area contributed by atoms with Crippen LogP contribution in [0.3, 0.4) is 0 Å². The highest BCUT2D eigenvalue weighted by Crippen LogP contribution is 2.34. The minimum Gasteiger partial charge on any atom is -0.361 e. The van der Waals surface area contributed by atoms with Gasteiger partial charge in [-0.15, -0.1) is 0 Å². The van der Waals surface area contributed by atoms with Gasteiger partial charge in [-0.25, -0.2) is 4.63 Å². The third kappa shape index (κ3) is 2.46. The summed E-state index contributed by atoms with van der Waals surface area (Å²) >= 11 is 0. The number of nitrogens with one attached hydrogen (secondary N) is 1. The Balaban J connectivity index is 2.01. The average molecular weight is 287 g/mol. The molecule has 1 amide bonds. The van der Waals surface area contributed by atoms with E-state index in [1.807, 2.05) is 20.8 Å². The maximum atomic E-state index is 12.3. The molecule has 0 atom stereocenters. The van der Waals surface area contributed by atoms with Crippen LogP contribution in [0, 0.1) is 12.3 Å². The van der Waals surface area contributed by atoms with Crippen LogP contribution in [0.25, 0.3) is 0 Å². The van der Waals surface area contributed by atoms with Gasteiger partial charge in [-0.2, -0.15) is 0 Å². The number of rotatable bonds is 2. The molecule has 0 saturated carbocycles. The Labute approximate surface area is 122 Å². The van der Waals surface area contributed by atoms with Crippen LogP contribution in [0.2, 0.25) is 0 Å². The first-order valence-electron chi connectivity index (χ1n) is 6.76. The molecule has 7 heteroatoms. The Morgan fingerprint density at radius 1 is 1.43 bits per heavy atom. The van der Waals surface area contributed by atoms with E-state index >= 15 is 0 Å². The van der Waals surface area contributed by atoms with Gasteiger partial charge in [-0.1, -0.05) is 10.3 Å². The van der Waals surface area contributed by atoms with Crippen molar-refractivity contribution in [2.24, 2.45) is 5.41 Å². The first-order valence-corrected chi connectivity index (χ1v) is 6.76. The highest BCUT2D eigenvalue weighted by molar-refractivity contribution is 5.99. The van der Waals surface area contributed by atoms with Gasteiger partial charge in [-0.3, -0.25) is 9.78 Å². The Morgan fingerprint density at radius 2 is 2.24 bits per heavy atom. The summed E-state index contributed by atoms with van der Waals surface area (Å²) in [4.78, 5) is 18.5. The molecule has 2 aromatic heterocycles. The number of pyridine rings is 1. The molecule has 1 N–H and O–H groups in total. The summed E-state index contributed by atoms with van der Waals surface area (Å²) in [5, 5.41) is 10.7. The normalized spacial score (nSPS) is 17.1. The number of aromatic nitrogens is 3. The van der Waals surface area contributed by atoms with E-state index in [1.54, 1.807) is 18.5 Å². The molecule has 0 saturated heterocycles. The van der Waals surface area contributed by atoms with Crippen molar-refractivity contribution < 1.29 is 9.42 Å². The zero-order valence-electron chi connectivity index (χ0n) is 12.3. The number of carbonyl (C=O) groups is 1. The maximum Gasteiger partial charge on any atom is 0.231 e. The van der Waals surface area contributed by atoms with E-state index in [-0.39, 0.29) is 5.91 Å². The van der Waals surface area contributed by atoms with Crippen molar-refractivity contribution >= 4 is 17.3 Å². The van der Waals surface area contributed by atoms with Crippen molar-refractivity contribution in [3.05, 3.63) is 29.8 Å². The van der Waals surface area contributed by atoms with Crippen molar-refractivity contribution in [2.75, 3.05) is 16.8 Å². The van der Waals surface area contributed by atoms with E-state index in [1.165, 1.54) is 0 Å². The van der Waals surface area contributed by atoms with Gasteiger partial charge in [0.25, 0.3) is 0 Å². The molecule has 0 aliphatic carbocycles. The molecule has 21 heavy (non-hydrogen) atoms. The molecule has 7 nitrogen and oxygen atoms in total. The predicted molar refractivity (Wildman–Crippen MR) is 76.7 cm³/mol. The Hall–Kier alpha value is -2.44. The van der Waals surface area contributed by atoms with Crippen molar-refractivity contribution in [3.8, 4) is 0 Å². The molecule has 0 spiro atoms. The summed E-state index contributed by atoms with van der Waals surface area (Å²) in [6.07, 6.45) is 3.42. The van der Waals surface area contributed by atoms with Crippen molar-refractivity contribution in [1.82, 2.24) is 15.3 Å². The van der Waals surface area contributed by atoms with Gasteiger partial charge in [0.2, 0.25) is 5.91 Å². The number of amides is 1. The quantitative estimate of drug-likeness (QED) is 0.906. The van der Waals surface area contributed by atoms with E-state index in [2.05, 4.69) is 25.5 Å². The lowest BCUT2D eigenvalue weighted by molar-refractivity contribution is -0.123. The number of aryl methyl sites for hydroxylation is 1. The second-order valence-electron chi connectivity index (χ2n) is 5.88. The smallest absolute Gasteiger partial charge is 0.231 e. The summed E-state index contributed by atoms with van der Waals surface area (Å²) in [5.41, 5.74) is 2.62. The SMILES string of the molecule is Cc1nonc1CN1CC(C)(C)C(=O)Nc2ccncc21. The van der Waals surface area contributed by atoms with Crippen LogP contribution in [-0.2, 0) is 11.3 Å². The number of nitrogens with zero attached hydrogens (tertiary/aromatic N) is 4. The van der Waals surface area contributed by atoms with Gasteiger partial charge in [0.15, 0.2) is 0 Å². The van der Waals surface area contributed by atoms with Crippen LogP contribution >= 0.6 is 0 Å². The second kappa shape index (κ2) is 4.83. The summed E-state index contributed by atoms with van der Waals surface area (Å²) in [6.45, 7) is 6.77. The van der Waals surface area contributed by atoms with Gasteiger partial charge < -0.3 is 10.2 Å². The van der Waals surface area contributed by atoms with E-state index in [0.29, 0.717) is 13.1 Å². The molecular weight excluding hydrogens is 270 g/mol. The van der Waals surface area contributed by atoms with Gasteiger partial charge >= 0.3 is 0 Å². The molecule has 3 rings (SSSR count). The molecule has 1 aliphatic heterocycles. The number of fused-ring (bicyclic) bond motifs is 1. The molecule has 2 aromatic rings. The van der Waals surface area contributed by atoms with Crippen molar-refractivity contribution in [2.45, 2.75) is 27.3 Å². The lowest BCUT2D eigenvalue weighted by atomic mass is 9.92. The summed E-state index contributed by atoms with van der Waals surface area (Å²) in [7, 11) is 0. The van der Waals surface area contributed by atoms with Crippen LogP contribution < -0.4 is 10.2 Å². The minimum atomic E-state index is -0.524. The van der Waals surface area contributed by atoms with Crippen LogP contribution in [0.15, 0.2) is 23.1 Å². The number of carbonyl (C=O) groups excluding carboxylic acids is 1. The van der Waals surface area contributed by atoms with Crippen molar-refractivity contribution in [3.63, 3.8) is 0 Å². The molecule has 3 heterocycles. The lowest BCUT2D eigenvalue weighted by Crippen LogP contribution is -2.39. The topological polar surface area (TPSA) is 84.2 Å². The fraction of sp³-hybridized carbons (Fsp3) is 0.429. The number of hydrogen-bond donors (Lipinski definition) is 1. The summed E-state index contributed by atoms with van der Waals surface area (Å²) in [5.74, 6) is -0.00699. The van der Waals surface area contributed by atoms with E-state index < -0.39 is 5.41 Å². The molecule has 0 aromatic carbocycles. The molecule has 110 valence electrons. The molecule has 0 unspecified atom stereocenters. The van der Waals surface area contributed by atoms with Gasteiger partial charge in [0, 0.05) is 12.7 Å². The third-order valence-electron chi connectivity index (χ3n) is 3.68. The highest BCUT2D eigenvalue weighted by Gasteiger charge is 2.35. The zero-order valence-corrected chi connectivity index (χ0v) is 12.3. The fourth-order valence-corrected chi connectivity index (χ4v) is 2.38. The van der Waals surface area contributed by atoms with Gasteiger partial charge in [0.1, 0.15) is 11.4 Å². The first-order chi connectivity index (χ1) is 9.97. The third-order valence-corrected chi connectivity index (χ3v) is 3.68. The van der Waals surface area contributed by atoms with Crippen LogP contribution in [-0.4, -0.2) is 27.7 Å². The maximum absolute atomic E-state index is 12.3. The largest absolute Gasteiger partial charge is 0.361 e. The van der Waals surface area contributed by atoms with Crippen LogP contribution in [0.1, 0.15) is 25.2 Å². The monoisotopic (exact) mass is 287 g/mol. The van der Waals surface area contributed by atoms with E-state index in [9.17, 15) is 4.79 Å². The highest BCUT2D eigenvalue weighted by atomic mass is 16.6. The second-order valence-corrected chi connectivity index (χ2v) is 5.88. The van der Waals surface area contributed by atoms with Gasteiger partial charge in [-0.05, 0) is 26.8 Å². The van der Waals surface area contributed by atoms with Gasteiger partial charge in [0.05, 0.1) is 29.5 Å². The predicted octanol–water partition coefficient (Wildman–Crippen LogP) is 1.76. The summed E-state index contributed by atoms with van der Waals surface area (Å²) < 4.78 is 4.75. The van der Waals surface area contributed by atoms with Crippen LogP contribution in [0.4, 0.5) is 11.4 Å². The number of hydrogen-bond acceptors (Lipinski definition) is 6.